The van der Waals surface area contributed by atoms with Crippen molar-refractivity contribution in [3.8, 4) is 0 Å². The summed E-state index contributed by atoms with van der Waals surface area (Å²) in [5, 5.41) is 0. The van der Waals surface area contributed by atoms with E-state index in [0.717, 1.165) is 11.3 Å². The van der Waals surface area contributed by atoms with E-state index in [2.05, 4.69) is 15.0 Å². The Morgan fingerprint density at radius 1 is 1.35 bits per heavy atom. The van der Waals surface area contributed by atoms with E-state index in [4.69, 9.17) is 5.73 Å². The lowest BCUT2D eigenvalue weighted by molar-refractivity contribution is -0.126. The van der Waals surface area contributed by atoms with Gasteiger partial charge in [-0.15, -0.1) is 0 Å². The second-order valence-electron chi connectivity index (χ2n) is 5.53. The average Bonchev–Trinajstić information content (AvgIpc) is 2.53. The van der Waals surface area contributed by atoms with E-state index < -0.39 is 0 Å². The molecular formula is C17H21N5O. The Balaban J connectivity index is 1.96. The quantitative estimate of drug-likeness (QED) is 0.852. The third kappa shape index (κ3) is 4.88. The van der Waals surface area contributed by atoms with Gasteiger partial charge in [0.25, 0.3) is 0 Å². The predicted molar refractivity (Wildman–Crippen MR) is 90.4 cm³/mol. The van der Waals surface area contributed by atoms with Crippen LogP contribution in [0.25, 0.3) is 6.08 Å². The molecule has 0 fully saturated rings. The minimum absolute atomic E-state index is 0.0455. The van der Waals surface area contributed by atoms with E-state index in [1.807, 2.05) is 26.0 Å². The zero-order valence-electron chi connectivity index (χ0n) is 13.6. The van der Waals surface area contributed by atoms with Crippen molar-refractivity contribution in [1.29, 1.82) is 0 Å². The predicted octanol–water partition coefficient (Wildman–Crippen LogP) is 1.87. The third-order valence-electron chi connectivity index (χ3n) is 3.60. The number of likely N-dealkylation sites (N-methyl/N-ethyl adjacent to an activating group) is 1. The minimum Gasteiger partial charge on any atom is -0.368 e. The monoisotopic (exact) mass is 311 g/mol. The summed E-state index contributed by atoms with van der Waals surface area (Å²) >= 11 is 0. The summed E-state index contributed by atoms with van der Waals surface area (Å²) in [5.74, 6) is 0.131. The van der Waals surface area contributed by atoms with Gasteiger partial charge in [0, 0.05) is 55.4 Å². The standard InChI is InChI=1S/C17H21N5O/c1-12-6-7-19-15(8-12)9-13(2)22(3)16(23)5-4-14-10-20-17(18)21-11-14/h4-8,10-11,13H,9H2,1-3H3,(H2,18,20,21). The first-order chi connectivity index (χ1) is 11.0. The van der Waals surface area contributed by atoms with Crippen molar-refractivity contribution in [3.05, 3.63) is 53.6 Å². The molecule has 6 heteroatoms. The van der Waals surface area contributed by atoms with Crippen LogP contribution in [-0.4, -0.2) is 38.8 Å². The molecule has 0 aromatic carbocycles. The highest BCUT2D eigenvalue weighted by Gasteiger charge is 2.14. The summed E-state index contributed by atoms with van der Waals surface area (Å²) in [6, 6.07) is 4.04. The summed E-state index contributed by atoms with van der Waals surface area (Å²) in [5.41, 5.74) is 8.30. The van der Waals surface area contributed by atoms with Gasteiger partial charge in [-0.3, -0.25) is 9.78 Å². The van der Waals surface area contributed by atoms with E-state index in [9.17, 15) is 4.79 Å². The number of amides is 1. The van der Waals surface area contributed by atoms with Crippen LogP contribution in [0.4, 0.5) is 5.95 Å². The Labute approximate surface area is 136 Å². The van der Waals surface area contributed by atoms with Crippen LogP contribution in [0.5, 0.6) is 0 Å². The molecular weight excluding hydrogens is 290 g/mol. The molecule has 1 atom stereocenters. The van der Waals surface area contributed by atoms with Crippen LogP contribution in [0.3, 0.4) is 0 Å². The number of nitrogens with zero attached hydrogens (tertiary/aromatic N) is 4. The van der Waals surface area contributed by atoms with E-state index in [1.54, 1.807) is 36.6 Å². The van der Waals surface area contributed by atoms with Gasteiger partial charge in [-0.1, -0.05) is 0 Å². The number of rotatable bonds is 5. The SMILES string of the molecule is Cc1ccnc(CC(C)N(C)C(=O)C=Cc2cnc(N)nc2)c1. The van der Waals surface area contributed by atoms with Gasteiger partial charge in [-0.2, -0.15) is 0 Å². The summed E-state index contributed by atoms with van der Waals surface area (Å²) < 4.78 is 0. The van der Waals surface area contributed by atoms with Crippen molar-refractivity contribution >= 4 is 17.9 Å². The fourth-order valence-electron chi connectivity index (χ4n) is 2.09. The Morgan fingerprint density at radius 3 is 2.70 bits per heavy atom. The lowest BCUT2D eigenvalue weighted by atomic mass is 10.1. The van der Waals surface area contributed by atoms with E-state index in [0.29, 0.717) is 6.42 Å². The molecule has 2 heterocycles. The molecule has 0 aliphatic carbocycles. The number of nitrogens with two attached hydrogens (primary N) is 1. The Hall–Kier alpha value is -2.76. The maximum atomic E-state index is 12.2. The smallest absolute Gasteiger partial charge is 0.246 e. The maximum absolute atomic E-state index is 12.2. The normalized spacial score (nSPS) is 12.3. The Kier molecular flexibility index (Phi) is 5.41. The minimum atomic E-state index is -0.0815. The van der Waals surface area contributed by atoms with Crippen LogP contribution in [0.2, 0.25) is 0 Å². The molecule has 2 aromatic rings. The molecule has 0 saturated heterocycles. The van der Waals surface area contributed by atoms with Crippen molar-refractivity contribution in [2.24, 2.45) is 0 Å². The van der Waals surface area contributed by atoms with Gasteiger partial charge in [-0.05, 0) is 37.6 Å². The van der Waals surface area contributed by atoms with Crippen LogP contribution in [0.1, 0.15) is 23.7 Å². The highest BCUT2D eigenvalue weighted by Crippen LogP contribution is 2.08. The topological polar surface area (TPSA) is 85.0 Å². The number of nitrogen functional groups attached to an aromatic ring is 1. The highest BCUT2D eigenvalue weighted by molar-refractivity contribution is 5.91. The van der Waals surface area contributed by atoms with Gasteiger partial charge in [0.15, 0.2) is 0 Å². The summed E-state index contributed by atoms with van der Waals surface area (Å²) in [4.78, 5) is 26.0. The second-order valence-corrected chi connectivity index (χ2v) is 5.53. The van der Waals surface area contributed by atoms with Crippen molar-refractivity contribution < 1.29 is 4.79 Å². The molecule has 120 valence electrons. The van der Waals surface area contributed by atoms with Gasteiger partial charge in [0.2, 0.25) is 11.9 Å². The molecule has 0 spiro atoms. The van der Waals surface area contributed by atoms with Gasteiger partial charge in [0.1, 0.15) is 0 Å². The summed E-state index contributed by atoms with van der Waals surface area (Å²) in [6.45, 7) is 4.03. The number of pyridine rings is 1. The zero-order chi connectivity index (χ0) is 16.8. The molecule has 6 nitrogen and oxygen atoms in total. The fourth-order valence-corrected chi connectivity index (χ4v) is 2.09. The van der Waals surface area contributed by atoms with Crippen LogP contribution in [0, 0.1) is 6.92 Å². The van der Waals surface area contributed by atoms with Crippen LogP contribution < -0.4 is 5.73 Å². The van der Waals surface area contributed by atoms with Gasteiger partial charge in [0.05, 0.1) is 0 Å². The highest BCUT2D eigenvalue weighted by atomic mass is 16.2. The average molecular weight is 311 g/mol. The lowest BCUT2D eigenvalue weighted by Gasteiger charge is -2.23. The summed E-state index contributed by atoms with van der Waals surface area (Å²) in [7, 11) is 1.78. The number of anilines is 1. The van der Waals surface area contributed by atoms with E-state index in [-0.39, 0.29) is 17.9 Å². The van der Waals surface area contributed by atoms with E-state index in [1.165, 1.54) is 11.6 Å². The molecule has 2 rings (SSSR count). The van der Waals surface area contributed by atoms with Crippen LogP contribution in [0.15, 0.2) is 36.8 Å². The third-order valence-corrected chi connectivity index (χ3v) is 3.60. The number of aryl methyl sites for hydroxylation is 1. The second kappa shape index (κ2) is 7.49. The van der Waals surface area contributed by atoms with Crippen molar-refractivity contribution in [2.45, 2.75) is 26.3 Å². The molecule has 2 aromatic heterocycles. The van der Waals surface area contributed by atoms with Crippen molar-refractivity contribution in [1.82, 2.24) is 19.9 Å². The first-order valence-electron chi connectivity index (χ1n) is 7.39. The maximum Gasteiger partial charge on any atom is 0.246 e. The van der Waals surface area contributed by atoms with E-state index >= 15 is 0 Å². The number of hydrogen-bond acceptors (Lipinski definition) is 5. The zero-order valence-corrected chi connectivity index (χ0v) is 13.6. The van der Waals surface area contributed by atoms with Gasteiger partial charge >= 0.3 is 0 Å². The molecule has 0 aliphatic heterocycles. The van der Waals surface area contributed by atoms with Crippen molar-refractivity contribution in [3.63, 3.8) is 0 Å². The Morgan fingerprint density at radius 2 is 2.04 bits per heavy atom. The first kappa shape index (κ1) is 16.6. The van der Waals surface area contributed by atoms with Crippen LogP contribution >= 0.6 is 0 Å². The fraction of sp³-hybridized carbons (Fsp3) is 0.294. The molecule has 0 radical (unpaired) electrons. The number of hydrogen-bond donors (Lipinski definition) is 1. The van der Waals surface area contributed by atoms with Gasteiger partial charge in [-0.25, -0.2) is 9.97 Å². The van der Waals surface area contributed by atoms with Crippen molar-refractivity contribution in [2.75, 3.05) is 12.8 Å². The molecule has 0 aliphatic rings. The molecule has 1 amide bonds. The van der Waals surface area contributed by atoms with Gasteiger partial charge < -0.3 is 10.6 Å². The molecule has 23 heavy (non-hydrogen) atoms. The molecule has 0 saturated carbocycles. The van der Waals surface area contributed by atoms with Crippen LogP contribution in [-0.2, 0) is 11.2 Å². The largest absolute Gasteiger partial charge is 0.368 e. The molecule has 2 N–H and O–H groups in total. The first-order valence-corrected chi connectivity index (χ1v) is 7.39. The Bertz CT molecular complexity index is 696. The molecule has 1 unspecified atom stereocenters. The lowest BCUT2D eigenvalue weighted by Crippen LogP contribution is -2.35. The molecule has 0 bridgehead atoms. The number of carbonyl (C=O) groups excluding carboxylic acids is 1. The number of carbonyl (C=O) groups is 1. The summed E-state index contributed by atoms with van der Waals surface area (Å²) in [6.07, 6.45) is 8.84. The number of aromatic nitrogens is 3.